The van der Waals surface area contributed by atoms with E-state index in [1.165, 1.54) is 12.0 Å². The van der Waals surface area contributed by atoms with Crippen molar-refractivity contribution in [2.24, 2.45) is 11.1 Å². The van der Waals surface area contributed by atoms with Crippen LogP contribution in [0.2, 0.25) is 0 Å². The molecule has 1 rings (SSSR count). The number of esters is 1. The number of methoxy groups -OCH3 is 1. The van der Waals surface area contributed by atoms with Gasteiger partial charge in [-0.3, -0.25) is 4.79 Å². The van der Waals surface area contributed by atoms with Crippen LogP contribution < -0.4 is 5.73 Å². The minimum atomic E-state index is -0.727. The summed E-state index contributed by atoms with van der Waals surface area (Å²) in [6, 6.07) is 7.56. The molecule has 0 amide bonds. The van der Waals surface area contributed by atoms with E-state index in [4.69, 9.17) is 10.5 Å². The molecule has 2 N–H and O–H groups in total. The van der Waals surface area contributed by atoms with Crippen LogP contribution in [0.4, 0.5) is 0 Å². The molecule has 4 heteroatoms. The average molecular weight is 253 g/mol. The molecule has 1 aromatic carbocycles. The van der Waals surface area contributed by atoms with Crippen LogP contribution in [0.15, 0.2) is 29.2 Å². The van der Waals surface area contributed by atoms with Gasteiger partial charge in [-0.15, -0.1) is 11.8 Å². The van der Waals surface area contributed by atoms with Crippen molar-refractivity contribution in [1.82, 2.24) is 0 Å². The van der Waals surface area contributed by atoms with E-state index < -0.39 is 5.41 Å². The maximum Gasteiger partial charge on any atom is 0.313 e. The number of ether oxygens (including phenoxy) is 1. The number of carbonyl (C=O) groups excluding carboxylic acids is 1. The van der Waals surface area contributed by atoms with E-state index in [0.717, 1.165) is 5.56 Å². The number of nitrogens with two attached hydrogens (primary N) is 1. The van der Waals surface area contributed by atoms with Gasteiger partial charge in [-0.05, 0) is 37.8 Å². The Bertz CT molecular complexity index is 387. The van der Waals surface area contributed by atoms with E-state index in [9.17, 15) is 4.79 Å². The highest BCUT2D eigenvalue weighted by Crippen LogP contribution is 2.33. The summed E-state index contributed by atoms with van der Waals surface area (Å²) < 4.78 is 4.78. The predicted octanol–water partition coefficient (Wildman–Crippen LogP) is 2.61. The van der Waals surface area contributed by atoms with Gasteiger partial charge in [-0.2, -0.15) is 0 Å². The number of hydrogen-bond acceptors (Lipinski definition) is 4. The van der Waals surface area contributed by atoms with E-state index in [2.05, 4.69) is 0 Å². The first-order valence-electron chi connectivity index (χ1n) is 5.41. The van der Waals surface area contributed by atoms with Crippen LogP contribution >= 0.6 is 11.8 Å². The average Bonchev–Trinajstić information content (AvgIpc) is 2.36. The summed E-state index contributed by atoms with van der Waals surface area (Å²) in [5.41, 5.74) is 6.35. The van der Waals surface area contributed by atoms with E-state index in [0.29, 0.717) is 0 Å². The van der Waals surface area contributed by atoms with Gasteiger partial charge in [0.15, 0.2) is 0 Å². The van der Waals surface area contributed by atoms with Crippen molar-refractivity contribution in [3.05, 3.63) is 29.8 Å². The van der Waals surface area contributed by atoms with Crippen molar-refractivity contribution >= 4 is 17.7 Å². The van der Waals surface area contributed by atoms with E-state index in [1.807, 2.05) is 30.5 Å². The Hall–Kier alpha value is -1.00. The van der Waals surface area contributed by atoms with Gasteiger partial charge in [-0.1, -0.05) is 12.1 Å². The summed E-state index contributed by atoms with van der Waals surface area (Å²) in [6.45, 7) is 3.60. The number of carbonyl (C=O) groups is 1. The van der Waals surface area contributed by atoms with Crippen molar-refractivity contribution in [2.45, 2.75) is 24.8 Å². The summed E-state index contributed by atoms with van der Waals surface area (Å²) >= 11 is 1.68. The van der Waals surface area contributed by atoms with Gasteiger partial charge < -0.3 is 10.5 Å². The second-order valence-electron chi connectivity index (χ2n) is 4.46. The molecular weight excluding hydrogens is 234 g/mol. The van der Waals surface area contributed by atoms with Gasteiger partial charge in [0.25, 0.3) is 0 Å². The number of hydrogen-bond donors (Lipinski definition) is 1. The SMILES string of the molecule is COC(=O)C(C)(C)C(N)c1ccc(SC)cc1. The molecule has 0 aliphatic carbocycles. The van der Waals surface area contributed by atoms with Crippen molar-refractivity contribution in [2.75, 3.05) is 13.4 Å². The maximum absolute atomic E-state index is 11.7. The second kappa shape index (κ2) is 5.56. The molecule has 0 aromatic heterocycles. The summed E-state index contributed by atoms with van der Waals surface area (Å²) in [4.78, 5) is 12.8. The third kappa shape index (κ3) is 3.01. The van der Waals surface area contributed by atoms with Gasteiger partial charge in [0.05, 0.1) is 12.5 Å². The molecule has 0 radical (unpaired) electrons. The Kier molecular flexibility index (Phi) is 4.60. The second-order valence-corrected chi connectivity index (χ2v) is 5.34. The standard InChI is InChI=1S/C13H19NO2S/c1-13(2,12(15)16-3)11(14)9-5-7-10(17-4)8-6-9/h5-8,11H,14H2,1-4H3. The van der Waals surface area contributed by atoms with Gasteiger partial charge in [0, 0.05) is 10.9 Å². The summed E-state index contributed by atoms with van der Waals surface area (Å²) in [6.07, 6.45) is 2.02. The topological polar surface area (TPSA) is 52.3 Å². The number of thioether (sulfide) groups is 1. The monoisotopic (exact) mass is 253 g/mol. The fourth-order valence-corrected chi connectivity index (χ4v) is 2.03. The van der Waals surface area contributed by atoms with Crippen LogP contribution in [0.3, 0.4) is 0 Å². The Morgan fingerprint density at radius 1 is 1.35 bits per heavy atom. The normalized spacial score (nSPS) is 13.2. The summed E-state index contributed by atoms with van der Waals surface area (Å²) in [7, 11) is 1.38. The molecule has 17 heavy (non-hydrogen) atoms. The molecule has 0 aliphatic rings. The first-order valence-corrected chi connectivity index (χ1v) is 6.64. The van der Waals surface area contributed by atoms with Crippen LogP contribution in [0.1, 0.15) is 25.5 Å². The Morgan fingerprint density at radius 2 is 1.88 bits per heavy atom. The molecule has 0 heterocycles. The summed E-state index contributed by atoms with van der Waals surface area (Å²) in [5, 5.41) is 0. The Balaban J connectivity index is 2.95. The zero-order chi connectivity index (χ0) is 13.1. The number of benzene rings is 1. The molecule has 1 unspecified atom stereocenters. The van der Waals surface area contributed by atoms with Crippen LogP contribution in [-0.4, -0.2) is 19.3 Å². The van der Waals surface area contributed by atoms with Crippen LogP contribution in [-0.2, 0) is 9.53 Å². The van der Waals surface area contributed by atoms with Crippen LogP contribution in [0.25, 0.3) is 0 Å². The van der Waals surface area contributed by atoms with Gasteiger partial charge >= 0.3 is 5.97 Å². The Morgan fingerprint density at radius 3 is 2.29 bits per heavy atom. The van der Waals surface area contributed by atoms with Gasteiger partial charge in [0.2, 0.25) is 0 Å². The quantitative estimate of drug-likeness (QED) is 0.662. The highest BCUT2D eigenvalue weighted by atomic mass is 32.2. The highest BCUT2D eigenvalue weighted by Gasteiger charge is 2.36. The lowest BCUT2D eigenvalue weighted by Crippen LogP contribution is -2.37. The van der Waals surface area contributed by atoms with E-state index in [1.54, 1.807) is 25.6 Å². The van der Waals surface area contributed by atoms with Crippen LogP contribution in [0.5, 0.6) is 0 Å². The molecule has 94 valence electrons. The first kappa shape index (κ1) is 14.1. The Labute approximate surface area is 107 Å². The summed E-state index contributed by atoms with van der Waals surface area (Å²) in [5.74, 6) is -0.293. The van der Waals surface area contributed by atoms with E-state index in [-0.39, 0.29) is 12.0 Å². The third-order valence-electron chi connectivity index (χ3n) is 2.96. The smallest absolute Gasteiger partial charge is 0.313 e. The molecule has 0 bridgehead atoms. The molecule has 0 saturated carbocycles. The van der Waals surface area contributed by atoms with Crippen molar-refractivity contribution < 1.29 is 9.53 Å². The molecule has 1 atom stereocenters. The lowest BCUT2D eigenvalue weighted by atomic mass is 9.81. The molecule has 0 spiro atoms. The molecule has 3 nitrogen and oxygen atoms in total. The molecular formula is C13H19NO2S. The van der Waals surface area contributed by atoms with E-state index >= 15 is 0 Å². The molecule has 0 saturated heterocycles. The molecule has 1 aromatic rings. The lowest BCUT2D eigenvalue weighted by molar-refractivity contribution is -0.152. The fraction of sp³-hybridized carbons (Fsp3) is 0.462. The maximum atomic E-state index is 11.7. The highest BCUT2D eigenvalue weighted by molar-refractivity contribution is 7.98. The van der Waals surface area contributed by atoms with Gasteiger partial charge in [-0.25, -0.2) is 0 Å². The predicted molar refractivity (Wildman–Crippen MR) is 70.9 cm³/mol. The number of rotatable bonds is 4. The van der Waals surface area contributed by atoms with Crippen molar-refractivity contribution in [3.63, 3.8) is 0 Å². The molecule has 0 fully saturated rings. The largest absolute Gasteiger partial charge is 0.469 e. The van der Waals surface area contributed by atoms with Crippen molar-refractivity contribution in [1.29, 1.82) is 0 Å². The zero-order valence-corrected chi connectivity index (χ0v) is 11.5. The lowest BCUT2D eigenvalue weighted by Gasteiger charge is -2.29. The minimum Gasteiger partial charge on any atom is -0.469 e. The third-order valence-corrected chi connectivity index (χ3v) is 3.71. The first-order chi connectivity index (χ1) is 7.93. The van der Waals surface area contributed by atoms with Crippen LogP contribution in [0, 0.1) is 5.41 Å². The van der Waals surface area contributed by atoms with Crippen molar-refractivity contribution in [3.8, 4) is 0 Å². The zero-order valence-electron chi connectivity index (χ0n) is 10.7. The minimum absolute atomic E-state index is 0.293. The van der Waals surface area contributed by atoms with Gasteiger partial charge in [0.1, 0.15) is 0 Å². The molecule has 0 aliphatic heterocycles. The fourth-order valence-electron chi connectivity index (χ4n) is 1.62.